The van der Waals surface area contributed by atoms with E-state index in [1.807, 2.05) is 6.92 Å². The molecule has 1 atom stereocenters. The standard InChI is InChI=1S/C23H26O9S/c1-5-28-21(24)23(22(25)29-6-2)30-19-12-9-17(14-20(19)31-23)13-16(4)32-33(26,27)18-10-7-15(3)8-11-18/h7-12,14,16H,5-6,13H2,1-4H3/t16-/m0/s1. The molecule has 1 aliphatic heterocycles. The number of hydrogen-bond donors (Lipinski definition) is 0. The average molecular weight is 479 g/mol. The third-order valence-corrected chi connectivity index (χ3v) is 6.16. The summed E-state index contributed by atoms with van der Waals surface area (Å²) in [6.07, 6.45) is -0.482. The predicted octanol–water partition coefficient (Wildman–Crippen LogP) is 2.93. The molecule has 1 heterocycles. The predicted molar refractivity (Wildman–Crippen MR) is 116 cm³/mol. The van der Waals surface area contributed by atoms with E-state index in [4.69, 9.17) is 23.1 Å². The Labute approximate surface area is 192 Å². The van der Waals surface area contributed by atoms with E-state index in [9.17, 15) is 18.0 Å². The van der Waals surface area contributed by atoms with Crippen LogP contribution < -0.4 is 9.47 Å². The zero-order valence-corrected chi connectivity index (χ0v) is 19.6. The van der Waals surface area contributed by atoms with E-state index in [0.717, 1.165) is 5.56 Å². The lowest BCUT2D eigenvalue weighted by Gasteiger charge is -2.22. The Morgan fingerprint density at radius 3 is 2.09 bits per heavy atom. The van der Waals surface area contributed by atoms with Crippen LogP contribution in [0.5, 0.6) is 11.5 Å². The summed E-state index contributed by atoms with van der Waals surface area (Å²) in [7, 11) is -3.94. The van der Waals surface area contributed by atoms with E-state index in [0.29, 0.717) is 5.56 Å². The van der Waals surface area contributed by atoms with Crippen molar-refractivity contribution in [3.05, 3.63) is 53.6 Å². The molecule has 0 spiro atoms. The molecule has 0 saturated carbocycles. The van der Waals surface area contributed by atoms with E-state index < -0.39 is 33.9 Å². The quantitative estimate of drug-likeness (QED) is 0.305. The lowest BCUT2D eigenvalue weighted by molar-refractivity contribution is -0.202. The molecule has 0 N–H and O–H groups in total. The summed E-state index contributed by atoms with van der Waals surface area (Å²) in [5.74, 6) is -4.16. The van der Waals surface area contributed by atoms with Crippen molar-refractivity contribution in [3.63, 3.8) is 0 Å². The first-order valence-corrected chi connectivity index (χ1v) is 11.9. The van der Waals surface area contributed by atoms with Crippen LogP contribution in [-0.4, -0.2) is 45.5 Å². The number of rotatable bonds is 9. The smallest absolute Gasteiger partial charge is 0.453 e. The summed E-state index contributed by atoms with van der Waals surface area (Å²) >= 11 is 0. The number of esters is 2. The maximum atomic E-state index is 12.5. The van der Waals surface area contributed by atoms with E-state index in [1.54, 1.807) is 45.0 Å². The van der Waals surface area contributed by atoms with Crippen molar-refractivity contribution in [2.75, 3.05) is 13.2 Å². The molecule has 3 rings (SSSR count). The van der Waals surface area contributed by atoms with Gasteiger partial charge in [-0.1, -0.05) is 23.8 Å². The minimum atomic E-state index is -3.94. The van der Waals surface area contributed by atoms with Crippen molar-refractivity contribution in [2.45, 2.75) is 50.9 Å². The molecule has 0 aromatic heterocycles. The van der Waals surface area contributed by atoms with Crippen molar-refractivity contribution < 1.29 is 41.1 Å². The van der Waals surface area contributed by atoms with Crippen LogP contribution in [0.15, 0.2) is 47.4 Å². The Kier molecular flexibility index (Phi) is 7.28. The zero-order valence-electron chi connectivity index (χ0n) is 18.8. The van der Waals surface area contributed by atoms with Crippen LogP contribution in [0.2, 0.25) is 0 Å². The number of fused-ring (bicyclic) bond motifs is 1. The first-order valence-electron chi connectivity index (χ1n) is 10.5. The number of carbonyl (C=O) groups is 2. The van der Waals surface area contributed by atoms with Gasteiger partial charge in [-0.25, -0.2) is 9.59 Å². The van der Waals surface area contributed by atoms with Crippen LogP contribution in [-0.2, 0) is 39.8 Å². The van der Waals surface area contributed by atoms with Crippen molar-refractivity contribution in [2.24, 2.45) is 0 Å². The highest BCUT2D eigenvalue weighted by Gasteiger charge is 2.59. The van der Waals surface area contributed by atoms with Gasteiger partial charge in [0.25, 0.3) is 10.1 Å². The van der Waals surface area contributed by atoms with E-state index in [1.165, 1.54) is 18.2 Å². The molecule has 0 aliphatic carbocycles. The molecule has 10 heteroatoms. The summed E-state index contributed by atoms with van der Waals surface area (Å²) in [5.41, 5.74) is 1.58. The SMILES string of the molecule is CCOC(=O)C1(C(=O)OCC)Oc2ccc(C[C@H](C)OS(=O)(=O)c3ccc(C)cc3)cc2O1. The second-order valence-corrected chi connectivity index (χ2v) is 8.99. The van der Waals surface area contributed by atoms with E-state index in [2.05, 4.69) is 0 Å². The molecule has 0 unspecified atom stereocenters. The molecular weight excluding hydrogens is 452 g/mol. The lowest BCUT2D eigenvalue weighted by atomic mass is 10.1. The fourth-order valence-corrected chi connectivity index (χ4v) is 4.30. The molecule has 33 heavy (non-hydrogen) atoms. The maximum Gasteiger partial charge on any atom is 0.453 e. The van der Waals surface area contributed by atoms with Gasteiger partial charge in [0.1, 0.15) is 0 Å². The molecule has 0 radical (unpaired) electrons. The first-order chi connectivity index (χ1) is 15.6. The van der Waals surface area contributed by atoms with Gasteiger partial charge in [0.05, 0.1) is 24.2 Å². The van der Waals surface area contributed by atoms with Gasteiger partial charge < -0.3 is 18.9 Å². The summed E-state index contributed by atoms with van der Waals surface area (Å²) in [5, 5.41) is 0. The lowest BCUT2D eigenvalue weighted by Crippen LogP contribution is -2.55. The van der Waals surface area contributed by atoms with Gasteiger partial charge in [0.2, 0.25) is 0 Å². The Morgan fingerprint density at radius 1 is 0.939 bits per heavy atom. The Hall–Kier alpha value is -3.11. The molecule has 0 saturated heterocycles. The van der Waals surface area contributed by atoms with Crippen molar-refractivity contribution >= 4 is 22.1 Å². The highest BCUT2D eigenvalue weighted by Crippen LogP contribution is 2.41. The Bertz CT molecular complexity index is 1110. The third-order valence-electron chi connectivity index (χ3n) is 4.73. The minimum absolute atomic E-state index is 0.0125. The molecule has 0 amide bonds. The number of aryl methyl sites for hydroxylation is 1. The van der Waals surface area contributed by atoms with Crippen molar-refractivity contribution in [1.82, 2.24) is 0 Å². The molecule has 178 valence electrons. The van der Waals surface area contributed by atoms with Gasteiger partial charge in [-0.15, -0.1) is 0 Å². The van der Waals surface area contributed by atoms with Gasteiger partial charge >= 0.3 is 17.7 Å². The highest BCUT2D eigenvalue weighted by molar-refractivity contribution is 7.86. The second-order valence-electron chi connectivity index (χ2n) is 7.42. The molecular formula is C23H26O9S. The zero-order chi connectivity index (χ0) is 24.2. The highest BCUT2D eigenvalue weighted by atomic mass is 32.2. The Balaban J connectivity index is 1.76. The second kappa shape index (κ2) is 9.80. The monoisotopic (exact) mass is 478 g/mol. The summed E-state index contributed by atoms with van der Waals surface area (Å²) in [6.45, 7) is 6.68. The van der Waals surface area contributed by atoms with Crippen LogP contribution in [0.1, 0.15) is 31.9 Å². The van der Waals surface area contributed by atoms with Gasteiger partial charge in [0.15, 0.2) is 11.5 Å². The summed E-state index contributed by atoms with van der Waals surface area (Å²) in [6, 6.07) is 11.1. The maximum absolute atomic E-state index is 12.5. The van der Waals surface area contributed by atoms with Crippen LogP contribution in [0.25, 0.3) is 0 Å². The van der Waals surface area contributed by atoms with Gasteiger partial charge in [-0.2, -0.15) is 8.42 Å². The van der Waals surface area contributed by atoms with Crippen LogP contribution in [0, 0.1) is 6.92 Å². The van der Waals surface area contributed by atoms with Gasteiger partial charge in [-0.3, -0.25) is 4.18 Å². The summed E-state index contributed by atoms with van der Waals surface area (Å²) < 4.78 is 51.4. The molecule has 0 fully saturated rings. The third kappa shape index (κ3) is 5.28. The van der Waals surface area contributed by atoms with Gasteiger partial charge in [-0.05, 0) is 63.9 Å². The molecule has 9 nitrogen and oxygen atoms in total. The van der Waals surface area contributed by atoms with Crippen LogP contribution in [0.3, 0.4) is 0 Å². The van der Waals surface area contributed by atoms with E-state index in [-0.39, 0.29) is 36.0 Å². The Morgan fingerprint density at radius 2 is 1.52 bits per heavy atom. The average Bonchev–Trinajstić information content (AvgIpc) is 3.14. The molecule has 2 aromatic carbocycles. The topological polar surface area (TPSA) is 114 Å². The fraction of sp³-hybridized carbons (Fsp3) is 0.391. The van der Waals surface area contributed by atoms with E-state index >= 15 is 0 Å². The largest absolute Gasteiger partial charge is 0.460 e. The number of hydrogen-bond acceptors (Lipinski definition) is 9. The van der Waals surface area contributed by atoms with Crippen molar-refractivity contribution in [1.29, 1.82) is 0 Å². The summed E-state index contributed by atoms with van der Waals surface area (Å²) in [4.78, 5) is 25.0. The molecule has 2 aromatic rings. The van der Waals surface area contributed by atoms with Crippen LogP contribution in [0.4, 0.5) is 0 Å². The fourth-order valence-electron chi connectivity index (χ4n) is 3.22. The van der Waals surface area contributed by atoms with Crippen LogP contribution >= 0.6 is 0 Å². The first kappa shape index (κ1) is 24.5. The normalized spacial score (nSPS) is 15.0. The van der Waals surface area contributed by atoms with Crippen molar-refractivity contribution in [3.8, 4) is 11.5 Å². The number of carbonyl (C=O) groups excluding carboxylic acids is 2. The molecule has 0 bridgehead atoms. The van der Waals surface area contributed by atoms with Gasteiger partial charge in [0, 0.05) is 0 Å². The number of benzene rings is 2. The minimum Gasteiger partial charge on any atom is -0.460 e. The number of ether oxygens (including phenoxy) is 4. The molecule has 1 aliphatic rings.